The van der Waals surface area contributed by atoms with Gasteiger partial charge in [0.25, 0.3) is 0 Å². The van der Waals surface area contributed by atoms with E-state index in [4.69, 9.17) is 0 Å². The van der Waals surface area contributed by atoms with Gasteiger partial charge >= 0.3 is 0 Å². The van der Waals surface area contributed by atoms with Crippen molar-refractivity contribution in [1.29, 1.82) is 0 Å². The van der Waals surface area contributed by atoms with Crippen LogP contribution in [0.1, 0.15) is 24.0 Å². The standard InChI is InChI=1S/C22H23NO3S/c1-3-7-19-14-21(27(25,26)20-12-10-17(2)11-13-20)22(24)23(16-19)15-18-8-5-4-6-9-18/h3-6,8-13,16,21H,1,7,14-15H2,2H3. The fraction of sp³-hybridized carbons (Fsp3) is 0.227. The topological polar surface area (TPSA) is 54.5 Å². The van der Waals surface area contributed by atoms with E-state index in [1.54, 1.807) is 36.5 Å². The average molecular weight is 381 g/mol. The lowest BCUT2D eigenvalue weighted by molar-refractivity contribution is -0.129. The van der Waals surface area contributed by atoms with Gasteiger partial charge in [0.1, 0.15) is 5.25 Å². The third-order valence-corrected chi connectivity index (χ3v) is 6.72. The van der Waals surface area contributed by atoms with Crippen LogP contribution in [0.3, 0.4) is 0 Å². The maximum absolute atomic E-state index is 13.2. The van der Waals surface area contributed by atoms with E-state index in [9.17, 15) is 13.2 Å². The minimum atomic E-state index is -3.77. The van der Waals surface area contributed by atoms with Crippen molar-refractivity contribution in [1.82, 2.24) is 4.90 Å². The Kier molecular flexibility index (Phi) is 5.61. The highest BCUT2D eigenvalue weighted by Gasteiger charge is 2.39. The second kappa shape index (κ2) is 7.92. The van der Waals surface area contributed by atoms with Gasteiger partial charge in [-0.15, -0.1) is 6.58 Å². The molecule has 0 fully saturated rings. The highest BCUT2D eigenvalue weighted by Crippen LogP contribution is 2.29. The Morgan fingerprint density at radius 2 is 1.78 bits per heavy atom. The van der Waals surface area contributed by atoms with E-state index >= 15 is 0 Å². The third kappa shape index (κ3) is 4.19. The molecule has 0 saturated carbocycles. The summed E-state index contributed by atoms with van der Waals surface area (Å²) in [6.45, 7) is 5.99. The van der Waals surface area contributed by atoms with Crippen LogP contribution >= 0.6 is 0 Å². The number of nitrogens with zero attached hydrogens (tertiary/aromatic N) is 1. The molecule has 0 bridgehead atoms. The van der Waals surface area contributed by atoms with E-state index in [-0.39, 0.29) is 17.2 Å². The van der Waals surface area contributed by atoms with Crippen LogP contribution in [0.25, 0.3) is 0 Å². The Labute approximate surface area is 160 Å². The van der Waals surface area contributed by atoms with Gasteiger partial charge in [-0.3, -0.25) is 4.79 Å². The fourth-order valence-corrected chi connectivity index (χ4v) is 4.89. The first-order valence-corrected chi connectivity index (χ1v) is 10.4. The number of amides is 1. The number of benzene rings is 2. The summed E-state index contributed by atoms with van der Waals surface area (Å²) in [5.41, 5.74) is 2.82. The van der Waals surface area contributed by atoms with Crippen LogP contribution in [0, 0.1) is 6.92 Å². The minimum Gasteiger partial charge on any atom is -0.314 e. The van der Waals surface area contributed by atoms with Gasteiger partial charge < -0.3 is 4.90 Å². The molecule has 4 nitrogen and oxygen atoms in total. The molecule has 2 aromatic rings. The number of aryl methyl sites for hydroxylation is 1. The molecule has 0 radical (unpaired) electrons. The minimum absolute atomic E-state index is 0.186. The molecular weight excluding hydrogens is 358 g/mol. The summed E-state index contributed by atoms with van der Waals surface area (Å²) < 4.78 is 26.3. The van der Waals surface area contributed by atoms with Gasteiger partial charge in [0.05, 0.1) is 11.4 Å². The van der Waals surface area contributed by atoms with Crippen LogP contribution in [0.15, 0.2) is 83.9 Å². The largest absolute Gasteiger partial charge is 0.314 e. The normalized spacial score (nSPS) is 17.5. The Balaban J connectivity index is 1.95. The third-order valence-electron chi connectivity index (χ3n) is 4.67. The van der Waals surface area contributed by atoms with Crippen LogP contribution in [-0.4, -0.2) is 24.5 Å². The Bertz CT molecular complexity index is 960. The van der Waals surface area contributed by atoms with E-state index in [1.165, 1.54) is 4.90 Å². The van der Waals surface area contributed by atoms with Gasteiger partial charge in [0, 0.05) is 6.20 Å². The molecule has 0 saturated heterocycles. The molecule has 1 aliphatic heterocycles. The highest BCUT2D eigenvalue weighted by molar-refractivity contribution is 7.92. The van der Waals surface area contributed by atoms with Gasteiger partial charge in [-0.25, -0.2) is 8.42 Å². The van der Waals surface area contributed by atoms with Crippen LogP contribution in [0.2, 0.25) is 0 Å². The Morgan fingerprint density at radius 3 is 2.41 bits per heavy atom. The van der Waals surface area contributed by atoms with E-state index in [0.29, 0.717) is 13.0 Å². The quantitative estimate of drug-likeness (QED) is 0.710. The van der Waals surface area contributed by atoms with Crippen molar-refractivity contribution in [2.24, 2.45) is 0 Å². The van der Waals surface area contributed by atoms with Crippen molar-refractivity contribution < 1.29 is 13.2 Å². The molecule has 0 N–H and O–H groups in total. The van der Waals surface area contributed by atoms with E-state index in [0.717, 1.165) is 16.7 Å². The number of allylic oxidation sites excluding steroid dienone is 2. The number of hydrogen-bond acceptors (Lipinski definition) is 3. The van der Waals surface area contributed by atoms with Crippen LogP contribution in [0.4, 0.5) is 0 Å². The van der Waals surface area contributed by atoms with Gasteiger partial charge in [-0.2, -0.15) is 0 Å². The SMILES string of the molecule is C=CCC1=CN(Cc2ccccc2)C(=O)C(S(=O)(=O)c2ccc(C)cc2)C1. The number of hydrogen-bond donors (Lipinski definition) is 0. The molecule has 140 valence electrons. The molecule has 3 rings (SSSR count). The summed E-state index contributed by atoms with van der Waals surface area (Å²) in [5, 5.41) is -1.11. The second-order valence-electron chi connectivity index (χ2n) is 6.78. The highest BCUT2D eigenvalue weighted by atomic mass is 32.2. The predicted octanol–water partition coefficient (Wildman–Crippen LogP) is 4.03. The molecule has 1 aliphatic rings. The maximum Gasteiger partial charge on any atom is 0.245 e. The lowest BCUT2D eigenvalue weighted by Crippen LogP contribution is -2.43. The average Bonchev–Trinajstić information content (AvgIpc) is 2.65. The molecule has 1 atom stereocenters. The molecule has 1 unspecified atom stereocenters. The Morgan fingerprint density at radius 1 is 1.11 bits per heavy atom. The first kappa shape index (κ1) is 19.1. The molecule has 2 aromatic carbocycles. The van der Waals surface area contributed by atoms with Gasteiger partial charge in [0.2, 0.25) is 5.91 Å². The molecule has 1 amide bonds. The van der Waals surface area contributed by atoms with Crippen molar-refractivity contribution in [3.8, 4) is 0 Å². The van der Waals surface area contributed by atoms with Crippen molar-refractivity contribution in [3.63, 3.8) is 0 Å². The monoisotopic (exact) mass is 381 g/mol. The number of sulfone groups is 1. The van der Waals surface area contributed by atoms with E-state index in [2.05, 4.69) is 6.58 Å². The zero-order valence-electron chi connectivity index (χ0n) is 15.3. The van der Waals surface area contributed by atoms with Gasteiger partial charge in [0.15, 0.2) is 9.84 Å². The zero-order valence-corrected chi connectivity index (χ0v) is 16.2. The van der Waals surface area contributed by atoms with Gasteiger partial charge in [-0.05, 0) is 43.0 Å². The summed E-state index contributed by atoms with van der Waals surface area (Å²) in [5.74, 6) is -0.382. The summed E-state index contributed by atoms with van der Waals surface area (Å²) in [6.07, 6.45) is 4.26. The summed E-state index contributed by atoms with van der Waals surface area (Å²) >= 11 is 0. The van der Waals surface area contributed by atoms with Crippen molar-refractivity contribution >= 4 is 15.7 Å². The first-order valence-electron chi connectivity index (χ1n) is 8.87. The van der Waals surface area contributed by atoms with Crippen LogP contribution < -0.4 is 0 Å². The lowest BCUT2D eigenvalue weighted by atomic mass is 10.0. The van der Waals surface area contributed by atoms with Crippen LogP contribution in [0.5, 0.6) is 0 Å². The number of carbonyl (C=O) groups is 1. The lowest BCUT2D eigenvalue weighted by Gasteiger charge is -2.30. The van der Waals surface area contributed by atoms with Crippen LogP contribution in [-0.2, 0) is 21.2 Å². The molecule has 1 heterocycles. The van der Waals surface area contributed by atoms with E-state index in [1.807, 2.05) is 37.3 Å². The summed E-state index contributed by atoms with van der Waals surface area (Å²) in [7, 11) is -3.77. The summed E-state index contributed by atoms with van der Waals surface area (Å²) in [4.78, 5) is 14.8. The molecule has 0 spiro atoms. The van der Waals surface area contributed by atoms with Gasteiger partial charge in [-0.1, -0.05) is 54.1 Å². The predicted molar refractivity (Wildman–Crippen MR) is 107 cm³/mol. The molecular formula is C22H23NO3S. The molecule has 0 aromatic heterocycles. The molecule has 27 heavy (non-hydrogen) atoms. The van der Waals surface area contributed by atoms with Crippen molar-refractivity contribution in [2.45, 2.75) is 36.5 Å². The zero-order chi connectivity index (χ0) is 19.4. The summed E-state index contributed by atoms with van der Waals surface area (Å²) in [6, 6.07) is 16.2. The molecule has 0 aliphatic carbocycles. The number of carbonyl (C=O) groups excluding carboxylic acids is 1. The second-order valence-corrected chi connectivity index (χ2v) is 8.91. The fourth-order valence-electron chi connectivity index (χ4n) is 3.21. The molecule has 5 heteroatoms. The Hall–Kier alpha value is -2.66. The first-order chi connectivity index (χ1) is 12.9. The van der Waals surface area contributed by atoms with Crippen molar-refractivity contribution in [3.05, 3.63) is 90.2 Å². The maximum atomic E-state index is 13.2. The number of rotatable bonds is 6. The van der Waals surface area contributed by atoms with E-state index < -0.39 is 15.1 Å². The van der Waals surface area contributed by atoms with Crippen molar-refractivity contribution in [2.75, 3.05) is 0 Å². The smallest absolute Gasteiger partial charge is 0.245 e.